The molecule has 2 heterocycles. The number of nitrogens with zero attached hydrogens (tertiary/aromatic N) is 1. The molecule has 1 N–H and O–H groups in total. The molecule has 2 aliphatic rings. The average Bonchev–Trinajstić information content (AvgIpc) is 3.45. The first-order chi connectivity index (χ1) is 16.4. The largest absolute Gasteiger partial charge is 0.507 e. The molecule has 7 nitrogen and oxygen atoms in total. The number of amides is 1. The summed E-state index contributed by atoms with van der Waals surface area (Å²) in [4.78, 5) is 27.8. The van der Waals surface area contributed by atoms with Gasteiger partial charge in [0, 0.05) is 18.7 Å². The summed E-state index contributed by atoms with van der Waals surface area (Å²) in [5.74, 6) is -0.602. The van der Waals surface area contributed by atoms with E-state index in [1.807, 2.05) is 19.1 Å². The van der Waals surface area contributed by atoms with Gasteiger partial charge in [-0.3, -0.25) is 9.59 Å². The Morgan fingerprint density at radius 3 is 2.62 bits per heavy atom. The number of carbonyl (C=O) groups excluding carboxylic acids is 2. The van der Waals surface area contributed by atoms with Gasteiger partial charge in [-0.25, -0.2) is 0 Å². The van der Waals surface area contributed by atoms with Crippen molar-refractivity contribution in [2.75, 3.05) is 26.9 Å². The van der Waals surface area contributed by atoms with Gasteiger partial charge in [-0.05, 0) is 37.5 Å². The predicted molar refractivity (Wildman–Crippen MR) is 128 cm³/mol. The molecule has 0 saturated carbocycles. The molecule has 2 fully saturated rings. The van der Waals surface area contributed by atoms with Crippen molar-refractivity contribution in [2.45, 2.75) is 31.9 Å². The van der Waals surface area contributed by atoms with Gasteiger partial charge < -0.3 is 24.2 Å². The Bertz CT molecular complexity index is 1110. The molecule has 1 amide bonds. The lowest BCUT2D eigenvalue weighted by molar-refractivity contribution is -0.140. The van der Waals surface area contributed by atoms with E-state index in [2.05, 4.69) is 6.58 Å². The molecule has 2 aromatic carbocycles. The van der Waals surface area contributed by atoms with Crippen molar-refractivity contribution < 1.29 is 28.9 Å². The van der Waals surface area contributed by atoms with Gasteiger partial charge in [0.25, 0.3) is 11.7 Å². The van der Waals surface area contributed by atoms with Crippen LogP contribution in [0.15, 0.2) is 60.7 Å². The first-order valence-electron chi connectivity index (χ1n) is 11.3. The lowest BCUT2D eigenvalue weighted by Gasteiger charge is -2.28. The van der Waals surface area contributed by atoms with Gasteiger partial charge in [0.1, 0.15) is 12.4 Å². The maximum absolute atomic E-state index is 13.2. The molecule has 0 aromatic heterocycles. The second-order valence-corrected chi connectivity index (χ2v) is 8.46. The molecule has 2 unspecified atom stereocenters. The molecule has 0 bridgehead atoms. The van der Waals surface area contributed by atoms with Gasteiger partial charge in [-0.1, -0.05) is 48.6 Å². The summed E-state index contributed by atoms with van der Waals surface area (Å²) in [5.41, 5.74) is 2.18. The molecule has 2 aromatic rings. The van der Waals surface area contributed by atoms with E-state index >= 15 is 0 Å². The number of Topliss-reactive ketones (excluding diaryl/α,β-unsaturated/α-hetero) is 1. The van der Waals surface area contributed by atoms with Crippen LogP contribution in [0.5, 0.6) is 11.5 Å². The SMILES string of the molecule is C=CCOc1ccc(C2/C(=C(\O)c3ccc(C)cc3)C(=O)C(=O)N2CC2CCCO2)cc1OC. The number of methoxy groups -OCH3 is 1. The molecule has 0 aliphatic carbocycles. The van der Waals surface area contributed by atoms with Crippen LogP contribution in [-0.2, 0) is 14.3 Å². The first kappa shape index (κ1) is 23.6. The number of carbonyl (C=O) groups is 2. The van der Waals surface area contributed by atoms with Crippen LogP contribution < -0.4 is 9.47 Å². The minimum absolute atomic E-state index is 0.0497. The van der Waals surface area contributed by atoms with E-state index in [9.17, 15) is 14.7 Å². The summed E-state index contributed by atoms with van der Waals surface area (Å²) in [6.45, 7) is 6.79. The Labute approximate surface area is 199 Å². The molecular weight excluding hydrogens is 434 g/mol. The standard InChI is InChI=1S/C27H29NO6/c1-4-13-34-21-12-11-19(15-22(21)32-3)24-23(25(29)18-9-7-17(2)8-10-18)26(30)27(31)28(24)16-20-6-5-14-33-20/h4,7-12,15,20,24,29H,1,5-6,13-14,16H2,2-3H3/b25-23+. The van der Waals surface area contributed by atoms with Crippen molar-refractivity contribution in [3.63, 3.8) is 0 Å². The highest BCUT2D eigenvalue weighted by Crippen LogP contribution is 2.42. The number of ether oxygens (including phenoxy) is 3. The van der Waals surface area contributed by atoms with Crippen molar-refractivity contribution in [2.24, 2.45) is 0 Å². The highest BCUT2D eigenvalue weighted by atomic mass is 16.5. The molecule has 2 saturated heterocycles. The fourth-order valence-electron chi connectivity index (χ4n) is 4.41. The van der Waals surface area contributed by atoms with Crippen LogP contribution in [-0.4, -0.2) is 54.7 Å². The molecule has 2 atom stereocenters. The van der Waals surface area contributed by atoms with Gasteiger partial charge in [0.15, 0.2) is 11.5 Å². The van der Waals surface area contributed by atoms with E-state index in [4.69, 9.17) is 14.2 Å². The van der Waals surface area contributed by atoms with Crippen LogP contribution in [0.4, 0.5) is 0 Å². The van der Waals surface area contributed by atoms with Crippen molar-refractivity contribution in [1.82, 2.24) is 4.90 Å². The fourth-order valence-corrected chi connectivity index (χ4v) is 4.41. The van der Waals surface area contributed by atoms with Crippen LogP contribution in [0.3, 0.4) is 0 Å². The Morgan fingerprint density at radius 1 is 1.21 bits per heavy atom. The number of likely N-dealkylation sites (tertiary alicyclic amines) is 1. The number of ketones is 1. The molecular formula is C27H29NO6. The fraction of sp³-hybridized carbons (Fsp3) is 0.333. The quantitative estimate of drug-likeness (QED) is 0.274. The third kappa shape index (κ3) is 4.56. The van der Waals surface area contributed by atoms with E-state index in [-0.39, 0.29) is 24.0 Å². The van der Waals surface area contributed by atoms with Crippen molar-refractivity contribution in [3.8, 4) is 11.5 Å². The zero-order valence-corrected chi connectivity index (χ0v) is 19.5. The smallest absolute Gasteiger partial charge is 0.295 e. The zero-order valence-electron chi connectivity index (χ0n) is 19.5. The number of aliphatic hydroxyl groups is 1. The molecule has 7 heteroatoms. The van der Waals surface area contributed by atoms with Gasteiger partial charge in [-0.2, -0.15) is 0 Å². The zero-order chi connectivity index (χ0) is 24.2. The van der Waals surface area contributed by atoms with E-state index in [0.29, 0.717) is 35.8 Å². The number of aliphatic hydroxyl groups excluding tert-OH is 1. The van der Waals surface area contributed by atoms with E-state index in [0.717, 1.165) is 18.4 Å². The third-order valence-electron chi connectivity index (χ3n) is 6.15. The minimum Gasteiger partial charge on any atom is -0.507 e. The van der Waals surface area contributed by atoms with Gasteiger partial charge in [0.05, 0.1) is 24.8 Å². The summed E-state index contributed by atoms with van der Waals surface area (Å²) in [5, 5.41) is 11.2. The first-order valence-corrected chi connectivity index (χ1v) is 11.3. The topological polar surface area (TPSA) is 85.3 Å². The third-order valence-corrected chi connectivity index (χ3v) is 6.15. The van der Waals surface area contributed by atoms with Crippen LogP contribution >= 0.6 is 0 Å². The van der Waals surface area contributed by atoms with Crippen molar-refractivity contribution in [1.29, 1.82) is 0 Å². The average molecular weight is 464 g/mol. The monoisotopic (exact) mass is 463 g/mol. The van der Waals surface area contributed by atoms with Crippen molar-refractivity contribution in [3.05, 3.63) is 77.4 Å². The molecule has 178 valence electrons. The van der Waals surface area contributed by atoms with E-state index < -0.39 is 17.7 Å². The van der Waals surface area contributed by atoms with Gasteiger partial charge >= 0.3 is 0 Å². The summed E-state index contributed by atoms with van der Waals surface area (Å²) in [7, 11) is 1.52. The predicted octanol–water partition coefficient (Wildman–Crippen LogP) is 4.17. The van der Waals surface area contributed by atoms with E-state index in [1.165, 1.54) is 12.0 Å². The minimum atomic E-state index is -0.784. The number of hydrogen-bond donors (Lipinski definition) is 1. The molecule has 0 radical (unpaired) electrons. The second-order valence-electron chi connectivity index (χ2n) is 8.46. The normalized spacial score (nSPS) is 21.6. The Kier molecular flexibility index (Phi) is 7.03. The Balaban J connectivity index is 1.82. The van der Waals surface area contributed by atoms with Gasteiger partial charge in [0.2, 0.25) is 0 Å². The summed E-state index contributed by atoms with van der Waals surface area (Å²) >= 11 is 0. The lowest BCUT2D eigenvalue weighted by Crippen LogP contribution is -2.36. The Morgan fingerprint density at radius 2 is 1.97 bits per heavy atom. The van der Waals surface area contributed by atoms with Crippen LogP contribution in [0.2, 0.25) is 0 Å². The highest BCUT2D eigenvalue weighted by molar-refractivity contribution is 6.46. The molecule has 0 spiro atoms. The maximum atomic E-state index is 13.2. The number of benzene rings is 2. The second kappa shape index (κ2) is 10.1. The number of aryl methyl sites for hydroxylation is 1. The highest BCUT2D eigenvalue weighted by Gasteiger charge is 2.47. The number of hydrogen-bond acceptors (Lipinski definition) is 6. The molecule has 2 aliphatic heterocycles. The van der Waals surface area contributed by atoms with Crippen LogP contribution in [0.1, 0.15) is 35.6 Å². The van der Waals surface area contributed by atoms with Crippen LogP contribution in [0, 0.1) is 6.92 Å². The summed E-state index contributed by atoms with van der Waals surface area (Å²) in [6.07, 6.45) is 3.19. The Hall–Kier alpha value is -3.58. The molecule has 34 heavy (non-hydrogen) atoms. The van der Waals surface area contributed by atoms with Gasteiger partial charge in [-0.15, -0.1) is 0 Å². The number of rotatable bonds is 8. The maximum Gasteiger partial charge on any atom is 0.295 e. The van der Waals surface area contributed by atoms with E-state index in [1.54, 1.807) is 36.4 Å². The molecule has 4 rings (SSSR count). The van der Waals surface area contributed by atoms with Crippen LogP contribution in [0.25, 0.3) is 5.76 Å². The summed E-state index contributed by atoms with van der Waals surface area (Å²) in [6, 6.07) is 11.6. The summed E-state index contributed by atoms with van der Waals surface area (Å²) < 4.78 is 16.9. The van der Waals surface area contributed by atoms with Crippen molar-refractivity contribution >= 4 is 17.4 Å². The lowest BCUT2D eigenvalue weighted by atomic mass is 9.94.